The van der Waals surface area contributed by atoms with Crippen LogP contribution in [0.5, 0.6) is 0 Å². The van der Waals surface area contributed by atoms with Gasteiger partial charge in [-0.15, -0.1) is 0 Å². The van der Waals surface area contributed by atoms with Gasteiger partial charge in [-0.3, -0.25) is 0 Å². The van der Waals surface area contributed by atoms with E-state index in [1.54, 1.807) is 24.9 Å². The molecule has 1 aromatic carbocycles. The number of hydrogen-bond acceptors (Lipinski definition) is 3. The first-order valence-electron chi connectivity index (χ1n) is 5.18. The molecule has 1 atom stereocenters. The zero-order chi connectivity index (χ0) is 11.7. The van der Waals surface area contributed by atoms with Crippen LogP contribution in [0, 0.1) is 6.92 Å². The maximum Gasteiger partial charge on any atom is 0.335 e. The number of ether oxygens (including phenoxy) is 1. The summed E-state index contributed by atoms with van der Waals surface area (Å²) in [5, 5.41) is 9.05. The van der Waals surface area contributed by atoms with Gasteiger partial charge in [-0.1, -0.05) is 17.8 Å². The van der Waals surface area contributed by atoms with Gasteiger partial charge < -0.3 is 9.84 Å². The molecule has 0 fully saturated rings. The van der Waals surface area contributed by atoms with Gasteiger partial charge in [0.1, 0.15) is 5.44 Å². The molecule has 0 bridgehead atoms. The second-order valence-electron chi connectivity index (χ2n) is 3.85. The molecule has 4 heteroatoms. The SMILES string of the molecule is COC1CCc2ccc(C(=O)O)c(C)c2S1. The molecule has 0 aromatic heterocycles. The van der Waals surface area contributed by atoms with Crippen LogP contribution in [0.3, 0.4) is 0 Å². The predicted molar refractivity (Wildman–Crippen MR) is 63.1 cm³/mol. The summed E-state index contributed by atoms with van der Waals surface area (Å²) in [6.45, 7) is 1.87. The van der Waals surface area contributed by atoms with Crippen molar-refractivity contribution in [2.24, 2.45) is 0 Å². The Kier molecular flexibility index (Phi) is 3.21. The van der Waals surface area contributed by atoms with Crippen LogP contribution >= 0.6 is 11.8 Å². The van der Waals surface area contributed by atoms with Crippen LogP contribution in [-0.2, 0) is 11.2 Å². The summed E-state index contributed by atoms with van der Waals surface area (Å²) < 4.78 is 5.32. The number of carboxylic acids is 1. The molecular weight excluding hydrogens is 224 g/mol. The van der Waals surface area contributed by atoms with Crippen molar-refractivity contribution in [3.05, 3.63) is 28.8 Å². The van der Waals surface area contributed by atoms with Gasteiger partial charge in [-0.25, -0.2) is 4.79 Å². The third-order valence-corrected chi connectivity index (χ3v) is 4.37. The normalized spacial score (nSPS) is 19.2. The number of benzene rings is 1. The maximum atomic E-state index is 11.0. The van der Waals surface area contributed by atoms with Gasteiger partial charge in [0.05, 0.1) is 5.56 Å². The van der Waals surface area contributed by atoms with Crippen molar-refractivity contribution in [1.29, 1.82) is 0 Å². The number of carbonyl (C=O) groups is 1. The van der Waals surface area contributed by atoms with E-state index in [-0.39, 0.29) is 5.44 Å². The Morgan fingerprint density at radius 1 is 1.56 bits per heavy atom. The molecule has 0 amide bonds. The Balaban J connectivity index is 2.43. The van der Waals surface area contributed by atoms with Gasteiger partial charge in [0.2, 0.25) is 0 Å². The monoisotopic (exact) mass is 238 g/mol. The summed E-state index contributed by atoms with van der Waals surface area (Å²) in [4.78, 5) is 12.1. The topological polar surface area (TPSA) is 46.5 Å². The summed E-state index contributed by atoms with van der Waals surface area (Å²) in [6, 6.07) is 3.62. The molecule has 0 saturated carbocycles. The maximum absolute atomic E-state index is 11.0. The fraction of sp³-hybridized carbons (Fsp3) is 0.417. The molecule has 1 N–H and O–H groups in total. The fourth-order valence-corrected chi connectivity index (χ4v) is 3.17. The largest absolute Gasteiger partial charge is 0.478 e. The second kappa shape index (κ2) is 4.47. The molecule has 1 aromatic rings. The number of hydrogen-bond donors (Lipinski definition) is 1. The number of rotatable bonds is 2. The summed E-state index contributed by atoms with van der Waals surface area (Å²) in [6.07, 6.45) is 1.95. The lowest BCUT2D eigenvalue weighted by atomic mass is 10.0. The van der Waals surface area contributed by atoms with Crippen LogP contribution in [0.1, 0.15) is 27.9 Å². The van der Waals surface area contributed by atoms with Gasteiger partial charge >= 0.3 is 5.97 Å². The Labute approximate surface area is 98.8 Å². The smallest absolute Gasteiger partial charge is 0.335 e. The van der Waals surface area contributed by atoms with Crippen molar-refractivity contribution < 1.29 is 14.6 Å². The number of methoxy groups -OCH3 is 1. The fourth-order valence-electron chi connectivity index (χ4n) is 1.97. The molecular formula is C12H14O3S. The Morgan fingerprint density at radius 3 is 2.94 bits per heavy atom. The summed E-state index contributed by atoms with van der Waals surface area (Å²) in [5.41, 5.74) is 2.63. The lowest BCUT2D eigenvalue weighted by Crippen LogP contribution is -2.14. The van der Waals surface area contributed by atoms with Crippen LogP contribution in [-0.4, -0.2) is 23.6 Å². The van der Waals surface area contributed by atoms with Crippen molar-refractivity contribution in [2.75, 3.05) is 7.11 Å². The molecule has 1 aliphatic heterocycles. The van der Waals surface area contributed by atoms with Crippen molar-refractivity contribution in [3.63, 3.8) is 0 Å². The Bertz CT molecular complexity index is 429. The highest BCUT2D eigenvalue weighted by Crippen LogP contribution is 2.38. The third-order valence-electron chi connectivity index (χ3n) is 2.88. The first kappa shape index (κ1) is 11.5. The Morgan fingerprint density at radius 2 is 2.31 bits per heavy atom. The quantitative estimate of drug-likeness (QED) is 0.860. The number of fused-ring (bicyclic) bond motifs is 1. The minimum absolute atomic E-state index is 0.148. The molecule has 1 heterocycles. The number of carboxylic acid groups (broad SMARTS) is 1. The van der Waals surface area contributed by atoms with E-state index >= 15 is 0 Å². The standard InChI is InChI=1S/C12H14O3S/c1-7-9(12(13)14)5-3-8-4-6-10(15-2)16-11(7)8/h3,5,10H,4,6H2,1-2H3,(H,13,14). The van der Waals surface area contributed by atoms with E-state index in [0.29, 0.717) is 5.56 Å². The van der Waals surface area contributed by atoms with E-state index in [2.05, 4.69) is 0 Å². The van der Waals surface area contributed by atoms with Crippen LogP contribution < -0.4 is 0 Å². The molecule has 3 nitrogen and oxygen atoms in total. The molecule has 0 spiro atoms. The van der Waals surface area contributed by atoms with Gasteiger partial charge in [0.25, 0.3) is 0 Å². The molecule has 0 aliphatic carbocycles. The average Bonchev–Trinajstić information content (AvgIpc) is 2.28. The van der Waals surface area contributed by atoms with E-state index in [1.165, 1.54) is 5.56 Å². The molecule has 0 radical (unpaired) electrons. The van der Waals surface area contributed by atoms with Crippen molar-refractivity contribution >= 4 is 17.7 Å². The van der Waals surface area contributed by atoms with Gasteiger partial charge in [0, 0.05) is 12.0 Å². The minimum Gasteiger partial charge on any atom is -0.478 e. The lowest BCUT2D eigenvalue weighted by molar-refractivity contribution is 0.0695. The third kappa shape index (κ3) is 1.95. The zero-order valence-corrected chi connectivity index (χ0v) is 10.1. The highest BCUT2D eigenvalue weighted by Gasteiger charge is 2.23. The van der Waals surface area contributed by atoms with Crippen molar-refractivity contribution in [2.45, 2.75) is 30.1 Å². The average molecular weight is 238 g/mol. The molecule has 16 heavy (non-hydrogen) atoms. The number of aryl methyl sites for hydroxylation is 1. The summed E-state index contributed by atoms with van der Waals surface area (Å²) >= 11 is 1.63. The van der Waals surface area contributed by atoms with E-state index in [9.17, 15) is 4.79 Å². The van der Waals surface area contributed by atoms with Crippen molar-refractivity contribution in [1.82, 2.24) is 0 Å². The van der Waals surface area contributed by atoms with Crippen LogP contribution in [0.2, 0.25) is 0 Å². The van der Waals surface area contributed by atoms with E-state index < -0.39 is 5.97 Å². The Hall–Kier alpha value is -1.00. The van der Waals surface area contributed by atoms with E-state index in [1.807, 2.05) is 13.0 Å². The van der Waals surface area contributed by atoms with Crippen LogP contribution in [0.25, 0.3) is 0 Å². The van der Waals surface area contributed by atoms with Crippen LogP contribution in [0.4, 0.5) is 0 Å². The lowest BCUT2D eigenvalue weighted by Gasteiger charge is -2.24. The van der Waals surface area contributed by atoms with Crippen LogP contribution in [0.15, 0.2) is 17.0 Å². The number of thioether (sulfide) groups is 1. The molecule has 1 unspecified atom stereocenters. The van der Waals surface area contributed by atoms with Gasteiger partial charge in [-0.2, -0.15) is 0 Å². The highest BCUT2D eigenvalue weighted by atomic mass is 32.2. The minimum atomic E-state index is -0.861. The van der Waals surface area contributed by atoms with E-state index in [0.717, 1.165) is 23.3 Å². The molecule has 0 saturated heterocycles. The highest BCUT2D eigenvalue weighted by molar-refractivity contribution is 8.00. The molecule has 86 valence electrons. The zero-order valence-electron chi connectivity index (χ0n) is 9.32. The van der Waals surface area contributed by atoms with Crippen molar-refractivity contribution in [3.8, 4) is 0 Å². The first-order valence-corrected chi connectivity index (χ1v) is 6.06. The number of aromatic carboxylic acids is 1. The van der Waals surface area contributed by atoms with E-state index in [4.69, 9.17) is 9.84 Å². The second-order valence-corrected chi connectivity index (χ2v) is 5.02. The first-order chi connectivity index (χ1) is 7.63. The van der Waals surface area contributed by atoms with Gasteiger partial charge in [-0.05, 0) is 37.0 Å². The summed E-state index contributed by atoms with van der Waals surface area (Å²) in [7, 11) is 1.69. The van der Waals surface area contributed by atoms with Gasteiger partial charge in [0.15, 0.2) is 0 Å². The molecule has 1 aliphatic rings. The predicted octanol–water partition coefficient (Wildman–Crippen LogP) is 2.70. The molecule has 2 rings (SSSR count). The summed E-state index contributed by atoms with van der Waals surface area (Å²) in [5.74, 6) is -0.861.